The summed E-state index contributed by atoms with van der Waals surface area (Å²) in [5, 5.41) is 2.27. The van der Waals surface area contributed by atoms with Crippen LogP contribution in [0.25, 0.3) is 10.8 Å². The van der Waals surface area contributed by atoms with Crippen LogP contribution in [-0.2, 0) is 6.42 Å². The van der Waals surface area contributed by atoms with Gasteiger partial charge in [0.2, 0.25) is 0 Å². The average molecular weight is 242 g/mol. The lowest BCUT2D eigenvalue weighted by atomic mass is 9.94. The van der Waals surface area contributed by atoms with E-state index in [1.807, 2.05) is 37.3 Å². The van der Waals surface area contributed by atoms with Crippen LogP contribution in [0.3, 0.4) is 0 Å². The van der Waals surface area contributed by atoms with Gasteiger partial charge in [-0.05, 0) is 34.9 Å². The minimum absolute atomic E-state index is 0.213. The Balaban J connectivity index is 2.68. The lowest BCUT2D eigenvalue weighted by Crippen LogP contribution is -2.02. The molecule has 0 bridgehead atoms. The highest BCUT2D eigenvalue weighted by atomic mass is 16.5. The van der Waals surface area contributed by atoms with Crippen LogP contribution in [0.5, 0.6) is 5.75 Å². The molecule has 2 nitrogen and oxygen atoms in total. The van der Waals surface area contributed by atoms with E-state index in [2.05, 4.69) is 6.92 Å². The van der Waals surface area contributed by atoms with E-state index in [4.69, 9.17) is 4.74 Å². The van der Waals surface area contributed by atoms with Gasteiger partial charge >= 0.3 is 0 Å². The van der Waals surface area contributed by atoms with Gasteiger partial charge in [-0.25, -0.2) is 0 Å². The van der Waals surface area contributed by atoms with Crippen LogP contribution in [0.1, 0.15) is 36.2 Å². The standard InChI is InChI=1S/C16H18O2/c1-4-13-14-9-7-12(18-3)10-11(14)6-8-15(13)16(17)5-2/h6-10H,4-5H2,1-3H3. The van der Waals surface area contributed by atoms with Crippen molar-refractivity contribution in [2.45, 2.75) is 26.7 Å². The van der Waals surface area contributed by atoms with Gasteiger partial charge in [-0.15, -0.1) is 0 Å². The number of benzene rings is 2. The largest absolute Gasteiger partial charge is 0.497 e. The molecule has 0 atom stereocenters. The van der Waals surface area contributed by atoms with Crippen LogP contribution >= 0.6 is 0 Å². The van der Waals surface area contributed by atoms with Crippen molar-refractivity contribution in [2.24, 2.45) is 0 Å². The molecule has 18 heavy (non-hydrogen) atoms. The van der Waals surface area contributed by atoms with Crippen molar-refractivity contribution in [1.82, 2.24) is 0 Å². The van der Waals surface area contributed by atoms with Crippen LogP contribution in [0.15, 0.2) is 30.3 Å². The molecule has 0 N–H and O–H groups in total. The number of carbonyl (C=O) groups is 1. The molecule has 0 heterocycles. The Labute approximate surface area is 108 Å². The minimum atomic E-state index is 0.213. The van der Waals surface area contributed by atoms with Crippen LogP contribution in [0, 0.1) is 0 Å². The van der Waals surface area contributed by atoms with Crippen molar-refractivity contribution in [2.75, 3.05) is 7.11 Å². The topological polar surface area (TPSA) is 26.3 Å². The molecule has 0 saturated heterocycles. The van der Waals surface area contributed by atoms with Crippen LogP contribution < -0.4 is 4.74 Å². The SMILES string of the molecule is CCC(=O)c1ccc2cc(OC)ccc2c1CC. The molecule has 2 aromatic rings. The number of carbonyl (C=O) groups excluding carboxylic acids is 1. The summed E-state index contributed by atoms with van der Waals surface area (Å²) in [4.78, 5) is 11.9. The molecule has 0 aliphatic carbocycles. The Hall–Kier alpha value is -1.83. The predicted octanol–water partition coefficient (Wildman–Crippen LogP) is 4.00. The molecule has 0 aliphatic heterocycles. The molecule has 2 heteroatoms. The first kappa shape index (κ1) is 12.6. The van der Waals surface area contributed by atoms with Gasteiger partial charge in [0.1, 0.15) is 5.75 Å². The fourth-order valence-electron chi connectivity index (χ4n) is 2.33. The zero-order valence-electron chi connectivity index (χ0n) is 11.1. The van der Waals surface area contributed by atoms with E-state index in [1.54, 1.807) is 7.11 Å². The smallest absolute Gasteiger partial charge is 0.162 e. The van der Waals surface area contributed by atoms with E-state index in [-0.39, 0.29) is 5.78 Å². The number of fused-ring (bicyclic) bond motifs is 1. The molecule has 0 saturated carbocycles. The van der Waals surface area contributed by atoms with Crippen molar-refractivity contribution in [3.8, 4) is 5.75 Å². The normalized spacial score (nSPS) is 10.6. The maximum Gasteiger partial charge on any atom is 0.162 e. The van der Waals surface area contributed by atoms with Gasteiger partial charge in [-0.3, -0.25) is 4.79 Å². The highest BCUT2D eigenvalue weighted by Gasteiger charge is 2.11. The number of ketones is 1. The number of hydrogen-bond acceptors (Lipinski definition) is 2. The van der Waals surface area contributed by atoms with Gasteiger partial charge < -0.3 is 4.74 Å². The highest BCUT2D eigenvalue weighted by molar-refractivity contribution is 6.02. The molecular weight excluding hydrogens is 224 g/mol. The number of Topliss-reactive ketones (excluding diaryl/α,β-unsaturated/α-hetero) is 1. The number of rotatable bonds is 4. The number of methoxy groups -OCH3 is 1. The predicted molar refractivity (Wildman–Crippen MR) is 74.5 cm³/mol. The molecule has 0 spiro atoms. The third kappa shape index (κ3) is 2.10. The quantitative estimate of drug-likeness (QED) is 0.757. The Kier molecular flexibility index (Phi) is 3.66. The average Bonchev–Trinajstić information content (AvgIpc) is 2.44. The second kappa shape index (κ2) is 5.21. The molecule has 0 fully saturated rings. The van der Waals surface area contributed by atoms with Crippen molar-refractivity contribution in [3.63, 3.8) is 0 Å². The molecule has 94 valence electrons. The lowest BCUT2D eigenvalue weighted by molar-refractivity contribution is 0.0987. The van der Waals surface area contributed by atoms with Gasteiger partial charge in [0.15, 0.2) is 5.78 Å². The summed E-state index contributed by atoms with van der Waals surface area (Å²) >= 11 is 0. The second-order valence-corrected chi connectivity index (χ2v) is 4.31. The van der Waals surface area contributed by atoms with Crippen molar-refractivity contribution in [3.05, 3.63) is 41.5 Å². The lowest BCUT2D eigenvalue weighted by Gasteiger charge is -2.11. The molecule has 0 aromatic heterocycles. The molecule has 2 rings (SSSR count). The fourth-order valence-corrected chi connectivity index (χ4v) is 2.33. The number of aryl methyl sites for hydroxylation is 1. The first-order valence-corrected chi connectivity index (χ1v) is 6.34. The zero-order chi connectivity index (χ0) is 13.1. The maximum absolute atomic E-state index is 11.9. The summed E-state index contributed by atoms with van der Waals surface area (Å²) in [6, 6.07) is 9.93. The first-order valence-electron chi connectivity index (χ1n) is 6.34. The van der Waals surface area contributed by atoms with Crippen LogP contribution in [0.2, 0.25) is 0 Å². The molecular formula is C16H18O2. The summed E-state index contributed by atoms with van der Waals surface area (Å²) in [6.07, 6.45) is 1.42. The van der Waals surface area contributed by atoms with Gasteiger partial charge in [0.05, 0.1) is 7.11 Å². The van der Waals surface area contributed by atoms with Gasteiger partial charge in [-0.1, -0.05) is 32.0 Å². The van der Waals surface area contributed by atoms with E-state index in [1.165, 1.54) is 0 Å². The second-order valence-electron chi connectivity index (χ2n) is 4.31. The summed E-state index contributed by atoms with van der Waals surface area (Å²) < 4.78 is 5.23. The Morgan fingerprint density at radius 3 is 2.56 bits per heavy atom. The first-order chi connectivity index (χ1) is 8.71. The van der Waals surface area contributed by atoms with Gasteiger partial charge in [0.25, 0.3) is 0 Å². The number of hydrogen-bond donors (Lipinski definition) is 0. The fraction of sp³-hybridized carbons (Fsp3) is 0.312. The Bertz CT molecular complexity index is 585. The third-order valence-corrected chi connectivity index (χ3v) is 3.31. The molecule has 0 unspecified atom stereocenters. The van der Waals surface area contributed by atoms with Gasteiger partial charge in [-0.2, -0.15) is 0 Å². The van der Waals surface area contributed by atoms with E-state index >= 15 is 0 Å². The summed E-state index contributed by atoms with van der Waals surface area (Å²) in [6.45, 7) is 3.99. The van der Waals surface area contributed by atoms with Gasteiger partial charge in [0, 0.05) is 12.0 Å². The summed E-state index contributed by atoms with van der Waals surface area (Å²) in [5.41, 5.74) is 2.00. The third-order valence-electron chi connectivity index (χ3n) is 3.31. The highest BCUT2D eigenvalue weighted by Crippen LogP contribution is 2.27. The molecule has 0 amide bonds. The van der Waals surface area contributed by atoms with Crippen LogP contribution in [-0.4, -0.2) is 12.9 Å². The van der Waals surface area contributed by atoms with Crippen molar-refractivity contribution >= 4 is 16.6 Å². The molecule has 0 radical (unpaired) electrons. The van der Waals surface area contributed by atoms with E-state index in [0.717, 1.165) is 34.1 Å². The van der Waals surface area contributed by atoms with E-state index < -0.39 is 0 Å². The van der Waals surface area contributed by atoms with Crippen LogP contribution in [0.4, 0.5) is 0 Å². The van der Waals surface area contributed by atoms with Crippen molar-refractivity contribution in [1.29, 1.82) is 0 Å². The summed E-state index contributed by atoms with van der Waals surface area (Å²) in [5.74, 6) is 1.06. The van der Waals surface area contributed by atoms with Crippen molar-refractivity contribution < 1.29 is 9.53 Å². The summed E-state index contributed by atoms with van der Waals surface area (Å²) in [7, 11) is 1.66. The van der Waals surface area contributed by atoms with E-state index in [9.17, 15) is 4.79 Å². The monoisotopic (exact) mass is 242 g/mol. The zero-order valence-corrected chi connectivity index (χ0v) is 11.1. The molecule has 2 aromatic carbocycles. The number of ether oxygens (including phenoxy) is 1. The maximum atomic E-state index is 11.9. The Morgan fingerprint density at radius 1 is 1.17 bits per heavy atom. The molecule has 0 aliphatic rings. The van der Waals surface area contributed by atoms with E-state index in [0.29, 0.717) is 6.42 Å². The Morgan fingerprint density at radius 2 is 1.94 bits per heavy atom. The minimum Gasteiger partial charge on any atom is -0.497 e.